The highest BCUT2D eigenvalue weighted by Gasteiger charge is 2.16. The molecule has 0 aromatic heterocycles. The monoisotopic (exact) mass is 253 g/mol. The lowest BCUT2D eigenvalue weighted by atomic mass is 9.85. The first-order valence-electron chi connectivity index (χ1n) is 7.87. The molecule has 0 heterocycles. The van der Waals surface area contributed by atoms with E-state index < -0.39 is 0 Å². The van der Waals surface area contributed by atoms with Gasteiger partial charge in [-0.05, 0) is 25.2 Å². The Kier molecular flexibility index (Phi) is 7.57. The van der Waals surface area contributed by atoms with Gasteiger partial charge in [-0.15, -0.1) is 0 Å². The molecule has 0 amide bonds. The third-order valence-corrected chi connectivity index (χ3v) is 4.58. The molecule has 18 heavy (non-hydrogen) atoms. The molecule has 0 unspecified atom stereocenters. The number of carbonyl (C=O) groups is 1. The largest absolute Gasteiger partial charge is 0.321 e. The molecule has 0 spiro atoms. The summed E-state index contributed by atoms with van der Waals surface area (Å²) < 4.78 is 0. The first-order chi connectivity index (χ1) is 8.61. The predicted octanol–water partition coefficient (Wildman–Crippen LogP) is 4.07. The Bertz CT molecular complexity index is 233. The maximum Gasteiger partial charge on any atom is 0.146 e. The van der Waals surface area contributed by atoms with Crippen LogP contribution in [-0.2, 0) is 4.79 Å². The maximum atomic E-state index is 11.2. The number of nitrogens with two attached hydrogens (primary N) is 1. The van der Waals surface area contributed by atoms with Crippen LogP contribution in [0.2, 0.25) is 0 Å². The van der Waals surface area contributed by atoms with Crippen LogP contribution in [0.5, 0.6) is 0 Å². The van der Waals surface area contributed by atoms with Gasteiger partial charge in [0.25, 0.3) is 0 Å². The lowest BCUT2D eigenvalue weighted by Gasteiger charge is -2.21. The molecule has 2 heteroatoms. The van der Waals surface area contributed by atoms with E-state index in [4.69, 9.17) is 5.73 Å². The highest BCUT2D eigenvalue weighted by molar-refractivity contribution is 5.81. The average molecular weight is 253 g/mol. The number of rotatable bonds is 8. The Labute approximate surface area is 113 Å². The highest BCUT2D eigenvalue weighted by Crippen LogP contribution is 2.28. The average Bonchev–Trinajstić information content (AvgIpc) is 2.38. The van der Waals surface area contributed by atoms with Crippen molar-refractivity contribution in [2.45, 2.75) is 84.1 Å². The van der Waals surface area contributed by atoms with Gasteiger partial charge in [0.2, 0.25) is 0 Å². The molecule has 1 aliphatic carbocycles. The summed E-state index contributed by atoms with van der Waals surface area (Å²) in [5.41, 5.74) is 5.84. The molecule has 0 aromatic carbocycles. The minimum absolute atomic E-state index is 0.129. The van der Waals surface area contributed by atoms with E-state index in [1.165, 1.54) is 57.8 Å². The molecule has 2 N–H and O–H groups in total. The summed E-state index contributed by atoms with van der Waals surface area (Å²) >= 11 is 0. The van der Waals surface area contributed by atoms with E-state index in [-0.39, 0.29) is 11.8 Å². The lowest BCUT2D eigenvalue weighted by molar-refractivity contribution is -0.119. The van der Waals surface area contributed by atoms with Crippen molar-refractivity contribution in [1.29, 1.82) is 0 Å². The predicted molar refractivity (Wildman–Crippen MR) is 77.5 cm³/mol. The van der Waals surface area contributed by atoms with Crippen molar-refractivity contribution < 1.29 is 4.79 Å². The van der Waals surface area contributed by atoms with Crippen molar-refractivity contribution in [2.24, 2.45) is 17.6 Å². The van der Waals surface area contributed by atoms with Gasteiger partial charge in [0.05, 0.1) is 6.04 Å². The molecule has 1 rings (SSSR count). The van der Waals surface area contributed by atoms with E-state index in [1.807, 2.05) is 0 Å². The van der Waals surface area contributed by atoms with Gasteiger partial charge in [0, 0.05) is 0 Å². The number of hydrogen-bond acceptors (Lipinski definition) is 2. The summed E-state index contributed by atoms with van der Waals surface area (Å²) in [5, 5.41) is 0. The molecule has 0 aromatic rings. The zero-order chi connectivity index (χ0) is 13.4. The Morgan fingerprint density at radius 3 is 2.44 bits per heavy atom. The van der Waals surface area contributed by atoms with Crippen LogP contribution in [-0.4, -0.2) is 11.8 Å². The molecule has 0 saturated heterocycles. The number of carbonyl (C=O) groups excluding carboxylic acids is 1. The lowest BCUT2D eigenvalue weighted by Crippen LogP contribution is -2.35. The first kappa shape index (κ1) is 15.7. The minimum atomic E-state index is -0.247. The van der Waals surface area contributed by atoms with Crippen LogP contribution in [0.4, 0.5) is 0 Å². The van der Waals surface area contributed by atoms with Gasteiger partial charge < -0.3 is 5.73 Å². The van der Waals surface area contributed by atoms with E-state index >= 15 is 0 Å². The molecule has 2 nitrogen and oxygen atoms in total. The highest BCUT2D eigenvalue weighted by atomic mass is 16.1. The third kappa shape index (κ3) is 5.99. The fourth-order valence-electron chi connectivity index (χ4n) is 3.13. The van der Waals surface area contributed by atoms with Gasteiger partial charge in [0.1, 0.15) is 5.78 Å². The topological polar surface area (TPSA) is 43.1 Å². The molecular formula is C16H31NO. The van der Waals surface area contributed by atoms with Crippen LogP contribution in [0.15, 0.2) is 0 Å². The Balaban J connectivity index is 1.99. The van der Waals surface area contributed by atoms with Crippen molar-refractivity contribution in [3.63, 3.8) is 0 Å². The zero-order valence-corrected chi connectivity index (χ0v) is 12.3. The second-order valence-electron chi connectivity index (χ2n) is 6.26. The van der Waals surface area contributed by atoms with Crippen molar-refractivity contribution in [1.82, 2.24) is 0 Å². The van der Waals surface area contributed by atoms with Crippen LogP contribution < -0.4 is 5.73 Å². The molecule has 2 atom stereocenters. The first-order valence-corrected chi connectivity index (χ1v) is 7.87. The van der Waals surface area contributed by atoms with Gasteiger partial charge in [-0.25, -0.2) is 0 Å². The van der Waals surface area contributed by atoms with Crippen molar-refractivity contribution in [3.8, 4) is 0 Å². The van der Waals surface area contributed by atoms with E-state index in [0.29, 0.717) is 5.92 Å². The van der Waals surface area contributed by atoms with E-state index in [2.05, 4.69) is 6.92 Å². The molecule has 1 saturated carbocycles. The number of Topliss-reactive ketones (excluding diaryl/α,β-unsaturated/α-hetero) is 1. The number of hydrogen-bond donors (Lipinski definition) is 1. The van der Waals surface area contributed by atoms with Crippen LogP contribution in [0.1, 0.15) is 78.1 Å². The zero-order valence-electron chi connectivity index (χ0n) is 12.3. The third-order valence-electron chi connectivity index (χ3n) is 4.58. The normalized spacial score (nSPS) is 20.6. The van der Waals surface area contributed by atoms with Crippen LogP contribution in [0.3, 0.4) is 0 Å². The molecular weight excluding hydrogens is 222 g/mol. The van der Waals surface area contributed by atoms with Crippen LogP contribution in [0.25, 0.3) is 0 Å². The molecule has 106 valence electrons. The summed E-state index contributed by atoms with van der Waals surface area (Å²) in [4.78, 5) is 11.2. The summed E-state index contributed by atoms with van der Waals surface area (Å²) in [6.45, 7) is 3.71. The van der Waals surface area contributed by atoms with Crippen molar-refractivity contribution in [2.75, 3.05) is 0 Å². The van der Waals surface area contributed by atoms with Gasteiger partial charge in [-0.3, -0.25) is 4.79 Å². The van der Waals surface area contributed by atoms with E-state index in [0.717, 1.165) is 12.3 Å². The Hall–Kier alpha value is -0.370. The molecule has 1 aliphatic rings. The van der Waals surface area contributed by atoms with Crippen molar-refractivity contribution in [3.05, 3.63) is 0 Å². The van der Waals surface area contributed by atoms with Gasteiger partial charge in [0.15, 0.2) is 0 Å². The van der Waals surface area contributed by atoms with Gasteiger partial charge in [-0.1, -0.05) is 64.7 Å². The van der Waals surface area contributed by atoms with Crippen LogP contribution in [0, 0.1) is 11.8 Å². The summed E-state index contributed by atoms with van der Waals surface area (Å²) in [7, 11) is 0. The smallest absolute Gasteiger partial charge is 0.146 e. The van der Waals surface area contributed by atoms with Crippen LogP contribution >= 0.6 is 0 Å². The van der Waals surface area contributed by atoms with E-state index in [9.17, 15) is 4.79 Å². The number of unbranched alkanes of at least 4 members (excludes halogenated alkanes) is 2. The number of ketones is 1. The van der Waals surface area contributed by atoms with Crippen molar-refractivity contribution >= 4 is 5.78 Å². The fourth-order valence-corrected chi connectivity index (χ4v) is 3.13. The summed E-state index contributed by atoms with van der Waals surface area (Å²) in [5.74, 6) is 1.48. The molecule has 0 bridgehead atoms. The molecule has 0 radical (unpaired) electrons. The summed E-state index contributed by atoms with van der Waals surface area (Å²) in [6.07, 6.45) is 13.7. The standard InChI is InChI=1S/C16H31NO/c1-13(16(17)14(2)18)9-5-3-6-10-15-11-7-4-8-12-15/h13,15-16H,3-12,17H2,1-2H3/t13-,16-/m1/s1. The quantitative estimate of drug-likeness (QED) is 0.663. The second-order valence-corrected chi connectivity index (χ2v) is 6.26. The maximum absolute atomic E-state index is 11.2. The summed E-state index contributed by atoms with van der Waals surface area (Å²) in [6, 6.07) is -0.247. The molecule has 0 aliphatic heterocycles. The second kappa shape index (κ2) is 8.68. The SMILES string of the molecule is CC(=O)[C@H](N)[C@H](C)CCCCCC1CCCCC1. The molecule has 1 fully saturated rings. The Morgan fingerprint density at radius 2 is 1.83 bits per heavy atom. The minimum Gasteiger partial charge on any atom is -0.321 e. The van der Waals surface area contributed by atoms with Gasteiger partial charge >= 0.3 is 0 Å². The fraction of sp³-hybridized carbons (Fsp3) is 0.938. The Morgan fingerprint density at radius 1 is 1.17 bits per heavy atom. The van der Waals surface area contributed by atoms with E-state index in [1.54, 1.807) is 6.92 Å². The van der Waals surface area contributed by atoms with Gasteiger partial charge in [-0.2, -0.15) is 0 Å².